The maximum atomic E-state index is 13.4. The molecule has 3 atom stereocenters. The second-order valence-electron chi connectivity index (χ2n) is 7.84. The molecule has 136 valence electrons. The predicted octanol–water partition coefficient (Wildman–Crippen LogP) is 2.72. The quantitative estimate of drug-likeness (QED) is 0.825. The minimum Gasteiger partial charge on any atom is -0.378 e. The highest BCUT2D eigenvalue weighted by Crippen LogP contribution is 2.52. The van der Waals surface area contributed by atoms with E-state index in [0.717, 1.165) is 38.9 Å². The molecule has 0 unspecified atom stereocenters. The van der Waals surface area contributed by atoms with Gasteiger partial charge in [-0.2, -0.15) is 0 Å². The first-order valence-electron chi connectivity index (χ1n) is 9.91. The second kappa shape index (κ2) is 7.08. The number of fused-ring (bicyclic) bond motifs is 2. The van der Waals surface area contributed by atoms with Crippen molar-refractivity contribution < 1.29 is 9.53 Å². The van der Waals surface area contributed by atoms with Crippen molar-refractivity contribution >= 4 is 5.91 Å². The van der Waals surface area contributed by atoms with Crippen molar-refractivity contribution in [2.45, 2.75) is 51.1 Å². The van der Waals surface area contributed by atoms with Gasteiger partial charge in [0.2, 0.25) is 5.91 Å². The van der Waals surface area contributed by atoms with Crippen LogP contribution in [0.5, 0.6) is 0 Å². The first-order chi connectivity index (χ1) is 12.2. The lowest BCUT2D eigenvalue weighted by Gasteiger charge is -2.40. The molecule has 1 amide bonds. The Labute approximate surface area is 151 Å². The van der Waals surface area contributed by atoms with Crippen LogP contribution in [0.4, 0.5) is 0 Å². The Morgan fingerprint density at radius 1 is 1.20 bits per heavy atom. The van der Waals surface area contributed by atoms with Gasteiger partial charge in [-0.25, -0.2) is 0 Å². The Bertz CT molecular complexity index is 599. The molecular formula is C21H30N2O2. The summed E-state index contributed by atoms with van der Waals surface area (Å²) in [6.45, 7) is 6.21. The SMILES string of the molecule is CC[C@@]1(C(=O)N2CCOCC2)C[C@@H]2CC[C@H]1N2CCc1ccccc1. The van der Waals surface area contributed by atoms with Crippen LogP contribution in [-0.2, 0) is 16.0 Å². The smallest absolute Gasteiger partial charge is 0.230 e. The van der Waals surface area contributed by atoms with Gasteiger partial charge in [0.1, 0.15) is 0 Å². The van der Waals surface area contributed by atoms with E-state index in [2.05, 4.69) is 47.1 Å². The number of hydrogen-bond donors (Lipinski definition) is 0. The summed E-state index contributed by atoms with van der Waals surface area (Å²) in [6, 6.07) is 11.8. The monoisotopic (exact) mass is 342 g/mol. The summed E-state index contributed by atoms with van der Waals surface area (Å²) in [5.74, 6) is 0.398. The Morgan fingerprint density at radius 3 is 2.68 bits per heavy atom. The van der Waals surface area contributed by atoms with E-state index in [1.165, 1.54) is 18.4 Å². The Hall–Kier alpha value is -1.39. The molecule has 3 saturated heterocycles. The van der Waals surface area contributed by atoms with Crippen molar-refractivity contribution in [1.29, 1.82) is 0 Å². The highest BCUT2D eigenvalue weighted by molar-refractivity contribution is 5.84. The summed E-state index contributed by atoms with van der Waals surface area (Å²) in [6.07, 6.45) is 5.55. The van der Waals surface area contributed by atoms with E-state index in [4.69, 9.17) is 4.74 Å². The predicted molar refractivity (Wildman–Crippen MR) is 98.4 cm³/mol. The molecule has 4 nitrogen and oxygen atoms in total. The zero-order valence-corrected chi connectivity index (χ0v) is 15.3. The lowest BCUT2D eigenvalue weighted by atomic mass is 9.70. The largest absolute Gasteiger partial charge is 0.378 e. The normalized spacial score (nSPS) is 32.3. The maximum Gasteiger partial charge on any atom is 0.230 e. The molecule has 25 heavy (non-hydrogen) atoms. The molecule has 3 aliphatic heterocycles. The van der Waals surface area contributed by atoms with Crippen LogP contribution < -0.4 is 0 Å². The van der Waals surface area contributed by atoms with Crippen LogP contribution in [0.15, 0.2) is 30.3 Å². The maximum absolute atomic E-state index is 13.4. The Morgan fingerprint density at radius 2 is 1.96 bits per heavy atom. The third-order valence-corrected chi connectivity index (χ3v) is 6.74. The number of carbonyl (C=O) groups excluding carboxylic acids is 1. The standard InChI is InChI=1S/C21H30N2O2/c1-2-21(20(24)22-12-14-25-15-13-22)16-18-8-9-19(21)23(18)11-10-17-6-4-3-5-7-17/h3-7,18-19H,2,8-16H2,1H3/t18-,19+,21+/m0/s1. The van der Waals surface area contributed by atoms with E-state index in [1.54, 1.807) is 0 Å². The summed E-state index contributed by atoms with van der Waals surface area (Å²) in [5.41, 5.74) is 1.24. The molecule has 1 aromatic rings. The second-order valence-corrected chi connectivity index (χ2v) is 7.84. The van der Waals surface area contributed by atoms with Gasteiger partial charge in [0, 0.05) is 31.7 Å². The van der Waals surface area contributed by atoms with Gasteiger partial charge in [-0.1, -0.05) is 37.3 Å². The number of ether oxygens (including phenoxy) is 1. The summed E-state index contributed by atoms with van der Waals surface area (Å²) in [5, 5.41) is 0. The van der Waals surface area contributed by atoms with Crippen molar-refractivity contribution in [2.75, 3.05) is 32.8 Å². The van der Waals surface area contributed by atoms with Crippen LogP contribution >= 0.6 is 0 Å². The van der Waals surface area contributed by atoms with Gasteiger partial charge in [0.05, 0.1) is 18.6 Å². The fraction of sp³-hybridized carbons (Fsp3) is 0.667. The van der Waals surface area contributed by atoms with Crippen molar-refractivity contribution in [3.63, 3.8) is 0 Å². The van der Waals surface area contributed by atoms with E-state index in [0.29, 0.717) is 31.2 Å². The van der Waals surface area contributed by atoms with E-state index in [9.17, 15) is 4.79 Å². The number of amides is 1. The summed E-state index contributed by atoms with van der Waals surface area (Å²) in [7, 11) is 0. The first kappa shape index (κ1) is 17.0. The van der Waals surface area contributed by atoms with Gasteiger partial charge >= 0.3 is 0 Å². The molecule has 3 fully saturated rings. The van der Waals surface area contributed by atoms with E-state index >= 15 is 0 Å². The summed E-state index contributed by atoms with van der Waals surface area (Å²) in [4.78, 5) is 18.1. The van der Waals surface area contributed by atoms with Gasteiger partial charge in [-0.05, 0) is 37.7 Å². The van der Waals surface area contributed by atoms with Crippen molar-refractivity contribution in [3.05, 3.63) is 35.9 Å². The number of hydrogen-bond acceptors (Lipinski definition) is 3. The van der Waals surface area contributed by atoms with Gasteiger partial charge in [-0.3, -0.25) is 9.69 Å². The van der Waals surface area contributed by atoms with Gasteiger partial charge < -0.3 is 9.64 Å². The number of morpholine rings is 1. The van der Waals surface area contributed by atoms with Crippen LogP contribution in [0.1, 0.15) is 38.2 Å². The Kier molecular flexibility index (Phi) is 4.83. The highest BCUT2D eigenvalue weighted by Gasteiger charge is 2.59. The van der Waals surface area contributed by atoms with Gasteiger partial charge in [0.15, 0.2) is 0 Å². The Balaban J connectivity index is 1.48. The van der Waals surface area contributed by atoms with Crippen LogP contribution in [0.25, 0.3) is 0 Å². The third kappa shape index (κ3) is 3.00. The zero-order valence-electron chi connectivity index (χ0n) is 15.3. The van der Waals surface area contributed by atoms with Crippen molar-refractivity contribution in [3.8, 4) is 0 Å². The fourth-order valence-electron chi connectivity index (χ4n) is 5.39. The van der Waals surface area contributed by atoms with Crippen LogP contribution in [-0.4, -0.2) is 60.6 Å². The molecular weight excluding hydrogens is 312 g/mol. The molecule has 1 aromatic carbocycles. The molecule has 2 bridgehead atoms. The number of carbonyl (C=O) groups is 1. The van der Waals surface area contributed by atoms with Crippen molar-refractivity contribution in [2.24, 2.45) is 5.41 Å². The summed E-state index contributed by atoms with van der Waals surface area (Å²) >= 11 is 0. The molecule has 0 N–H and O–H groups in total. The topological polar surface area (TPSA) is 32.8 Å². The van der Waals surface area contributed by atoms with E-state index in [1.807, 2.05) is 0 Å². The first-order valence-corrected chi connectivity index (χ1v) is 9.91. The minimum atomic E-state index is -0.156. The van der Waals surface area contributed by atoms with Gasteiger partial charge in [0.25, 0.3) is 0 Å². The number of rotatable bonds is 5. The molecule has 0 radical (unpaired) electrons. The zero-order chi connectivity index (χ0) is 17.3. The molecule has 0 spiro atoms. The van der Waals surface area contributed by atoms with Crippen LogP contribution in [0.3, 0.4) is 0 Å². The van der Waals surface area contributed by atoms with Crippen molar-refractivity contribution in [1.82, 2.24) is 9.80 Å². The average Bonchev–Trinajstić information content (AvgIpc) is 3.22. The number of nitrogens with zero attached hydrogens (tertiary/aromatic N) is 2. The highest BCUT2D eigenvalue weighted by atomic mass is 16.5. The molecule has 4 rings (SSSR count). The molecule has 0 aromatic heterocycles. The minimum absolute atomic E-state index is 0.156. The molecule has 0 saturated carbocycles. The fourth-order valence-corrected chi connectivity index (χ4v) is 5.39. The van der Waals surface area contributed by atoms with E-state index < -0.39 is 0 Å². The lowest BCUT2D eigenvalue weighted by molar-refractivity contribution is -0.148. The van der Waals surface area contributed by atoms with Crippen LogP contribution in [0.2, 0.25) is 0 Å². The molecule has 3 heterocycles. The molecule has 4 heteroatoms. The average molecular weight is 342 g/mol. The van der Waals surface area contributed by atoms with Crippen LogP contribution in [0, 0.1) is 5.41 Å². The summed E-state index contributed by atoms with van der Waals surface area (Å²) < 4.78 is 5.45. The number of benzene rings is 1. The lowest BCUT2D eigenvalue weighted by Crippen LogP contribution is -2.53. The molecule has 3 aliphatic rings. The van der Waals surface area contributed by atoms with Gasteiger partial charge in [-0.15, -0.1) is 0 Å². The van der Waals surface area contributed by atoms with E-state index in [-0.39, 0.29) is 5.41 Å². The third-order valence-electron chi connectivity index (χ3n) is 6.74. The molecule has 0 aliphatic carbocycles.